The quantitative estimate of drug-likeness (QED) is 0.0261. The second-order valence-corrected chi connectivity index (χ2v) is 22.7. The molecule has 0 radical (unpaired) electrons. The van der Waals surface area contributed by atoms with E-state index >= 15 is 0 Å². The Morgan fingerprint density at radius 3 is 0.778 bits per heavy atom. The molecule has 0 aliphatic carbocycles. The molecule has 0 rings (SSSR count). The molecular formula is C75H128O6. The molecule has 81 heavy (non-hydrogen) atoms. The molecule has 0 fully saturated rings. The van der Waals surface area contributed by atoms with Crippen LogP contribution < -0.4 is 0 Å². The monoisotopic (exact) mass is 1120 g/mol. The fourth-order valence-corrected chi connectivity index (χ4v) is 9.59. The van der Waals surface area contributed by atoms with E-state index in [0.29, 0.717) is 19.3 Å². The Hall–Kier alpha value is -3.93. The van der Waals surface area contributed by atoms with E-state index < -0.39 is 6.10 Å². The van der Waals surface area contributed by atoms with E-state index in [2.05, 4.69) is 130 Å². The van der Waals surface area contributed by atoms with Gasteiger partial charge >= 0.3 is 17.9 Å². The van der Waals surface area contributed by atoms with Gasteiger partial charge in [0.05, 0.1) is 0 Å². The maximum atomic E-state index is 13.0. The van der Waals surface area contributed by atoms with Gasteiger partial charge in [0.2, 0.25) is 0 Å². The van der Waals surface area contributed by atoms with Gasteiger partial charge in [0, 0.05) is 19.3 Å². The Balaban J connectivity index is 4.45. The van der Waals surface area contributed by atoms with Gasteiger partial charge in [-0.05, 0) is 128 Å². The number of ether oxygens (including phenoxy) is 3. The third kappa shape index (κ3) is 66.8. The number of hydrogen-bond donors (Lipinski definition) is 0. The highest BCUT2D eigenvalue weighted by molar-refractivity contribution is 5.71. The van der Waals surface area contributed by atoms with Crippen molar-refractivity contribution in [1.82, 2.24) is 0 Å². The number of hydrogen-bond acceptors (Lipinski definition) is 6. The Morgan fingerprint density at radius 1 is 0.259 bits per heavy atom. The zero-order chi connectivity index (χ0) is 58.5. The summed E-state index contributed by atoms with van der Waals surface area (Å²) in [6.45, 7) is 6.52. The van der Waals surface area contributed by atoms with Crippen molar-refractivity contribution in [2.75, 3.05) is 13.2 Å². The van der Waals surface area contributed by atoms with Gasteiger partial charge < -0.3 is 14.2 Å². The van der Waals surface area contributed by atoms with Gasteiger partial charge in [-0.25, -0.2) is 0 Å². The normalized spacial score (nSPS) is 12.8. The lowest BCUT2D eigenvalue weighted by molar-refractivity contribution is -0.167. The number of rotatable bonds is 62. The first-order chi connectivity index (χ1) is 40.0. The summed E-state index contributed by atoms with van der Waals surface area (Å²) < 4.78 is 17.0. The molecular weight excluding hydrogens is 997 g/mol. The van der Waals surface area contributed by atoms with Crippen molar-refractivity contribution < 1.29 is 28.6 Å². The molecule has 1 unspecified atom stereocenters. The molecule has 0 aromatic carbocycles. The molecule has 6 heteroatoms. The van der Waals surface area contributed by atoms with Crippen LogP contribution in [0.4, 0.5) is 0 Å². The van der Waals surface area contributed by atoms with Crippen molar-refractivity contribution in [3.63, 3.8) is 0 Å². The molecule has 0 saturated heterocycles. The predicted molar refractivity (Wildman–Crippen MR) is 353 cm³/mol. The van der Waals surface area contributed by atoms with Crippen LogP contribution in [0.1, 0.15) is 329 Å². The van der Waals surface area contributed by atoms with E-state index in [1.165, 1.54) is 180 Å². The van der Waals surface area contributed by atoms with Crippen molar-refractivity contribution in [3.8, 4) is 0 Å². The van der Waals surface area contributed by atoms with Crippen LogP contribution in [0, 0.1) is 0 Å². The summed E-state index contributed by atoms with van der Waals surface area (Å²) in [5.74, 6) is -0.920. The summed E-state index contributed by atoms with van der Waals surface area (Å²) in [7, 11) is 0. The van der Waals surface area contributed by atoms with E-state index in [4.69, 9.17) is 14.2 Å². The molecule has 464 valence electrons. The van der Waals surface area contributed by atoms with Gasteiger partial charge in [-0.15, -0.1) is 0 Å². The van der Waals surface area contributed by atoms with Crippen LogP contribution >= 0.6 is 0 Å². The number of esters is 3. The fraction of sp³-hybridized carbons (Fsp3) is 0.720. The number of allylic oxidation sites excluding steroid dienone is 18. The highest BCUT2D eigenvalue weighted by Crippen LogP contribution is 2.16. The van der Waals surface area contributed by atoms with Gasteiger partial charge in [-0.2, -0.15) is 0 Å². The summed E-state index contributed by atoms with van der Waals surface area (Å²) in [6, 6.07) is 0. The van der Waals surface area contributed by atoms with Crippen LogP contribution in [0.5, 0.6) is 0 Å². The number of carbonyl (C=O) groups excluding carboxylic acids is 3. The van der Waals surface area contributed by atoms with E-state index in [1.807, 2.05) is 0 Å². The average molecular weight is 1130 g/mol. The zero-order valence-electron chi connectivity index (χ0n) is 53.3. The van der Waals surface area contributed by atoms with Crippen LogP contribution in [0.2, 0.25) is 0 Å². The summed E-state index contributed by atoms with van der Waals surface area (Å²) in [5, 5.41) is 0. The second-order valence-electron chi connectivity index (χ2n) is 22.7. The maximum absolute atomic E-state index is 13.0. The highest BCUT2D eigenvalue weighted by Gasteiger charge is 2.19. The molecule has 0 saturated carbocycles. The van der Waals surface area contributed by atoms with Gasteiger partial charge in [-0.1, -0.05) is 291 Å². The minimum atomic E-state index is -0.799. The fourth-order valence-electron chi connectivity index (χ4n) is 9.59. The lowest BCUT2D eigenvalue weighted by Crippen LogP contribution is -2.30. The summed E-state index contributed by atoms with van der Waals surface area (Å²) >= 11 is 0. The third-order valence-corrected chi connectivity index (χ3v) is 14.7. The average Bonchev–Trinajstić information content (AvgIpc) is 3.47. The van der Waals surface area contributed by atoms with Crippen molar-refractivity contribution >= 4 is 17.9 Å². The predicted octanol–water partition coefficient (Wildman–Crippen LogP) is 23.8. The molecule has 0 spiro atoms. The van der Waals surface area contributed by atoms with Gasteiger partial charge in [0.1, 0.15) is 13.2 Å². The molecule has 0 aliphatic heterocycles. The van der Waals surface area contributed by atoms with Crippen LogP contribution in [0.25, 0.3) is 0 Å². The summed E-state index contributed by atoms with van der Waals surface area (Å²) in [6.07, 6.45) is 93.8. The van der Waals surface area contributed by atoms with E-state index in [1.54, 1.807) is 0 Å². The molecule has 0 aromatic rings. The minimum absolute atomic E-state index is 0.0915. The van der Waals surface area contributed by atoms with Crippen molar-refractivity contribution in [1.29, 1.82) is 0 Å². The Kier molecular flexibility index (Phi) is 65.2. The zero-order valence-corrected chi connectivity index (χ0v) is 53.3. The first-order valence-electron chi connectivity index (χ1n) is 34.4. The summed E-state index contributed by atoms with van der Waals surface area (Å²) in [5.41, 5.74) is 0. The smallest absolute Gasteiger partial charge is 0.306 e. The molecule has 0 aliphatic rings. The van der Waals surface area contributed by atoms with Gasteiger partial charge in [0.25, 0.3) is 0 Å². The second kappa shape index (κ2) is 68.6. The molecule has 0 N–H and O–H groups in total. The molecule has 6 nitrogen and oxygen atoms in total. The first kappa shape index (κ1) is 77.1. The van der Waals surface area contributed by atoms with Crippen LogP contribution in [-0.2, 0) is 28.6 Å². The highest BCUT2D eigenvalue weighted by atomic mass is 16.6. The third-order valence-electron chi connectivity index (χ3n) is 14.7. The molecule has 0 aromatic heterocycles. The summed E-state index contributed by atoms with van der Waals surface area (Å²) in [4.78, 5) is 38.4. The SMILES string of the molecule is CC/C=C\C/C=C\C/C=C\C/C=C\C/C=C\C/C=C\C/C=C\CCCCCC(=O)OCC(COC(=O)CCCCCCCCC/C=C\CCCCCCCC)OC(=O)CCCCCCCCCCC/C=C\CCCCCCCCCC. The van der Waals surface area contributed by atoms with Crippen molar-refractivity contribution in [3.05, 3.63) is 109 Å². The molecule has 0 heterocycles. The Bertz CT molecular complexity index is 1620. The minimum Gasteiger partial charge on any atom is -0.462 e. The van der Waals surface area contributed by atoms with E-state index in [-0.39, 0.29) is 31.1 Å². The molecule has 0 bridgehead atoms. The van der Waals surface area contributed by atoms with Crippen molar-refractivity contribution in [2.45, 2.75) is 335 Å². The first-order valence-corrected chi connectivity index (χ1v) is 34.4. The van der Waals surface area contributed by atoms with Gasteiger partial charge in [0.15, 0.2) is 6.10 Å². The van der Waals surface area contributed by atoms with E-state index in [9.17, 15) is 14.4 Å². The number of carbonyl (C=O) groups is 3. The molecule has 0 amide bonds. The van der Waals surface area contributed by atoms with Crippen LogP contribution in [0.3, 0.4) is 0 Å². The standard InChI is InChI=1S/C75H128O6/c1-4-7-10-13-16-19-22-25-28-31-33-35-36-37-38-40-41-44-47-50-53-56-59-62-65-68-74(77)80-71-72(70-79-73(76)67-64-61-58-55-52-49-46-43-30-27-24-21-18-15-12-9-6-3)81-75(78)69-66-63-60-57-54-51-48-45-42-39-34-32-29-26-23-20-17-14-11-8-5-2/h7,10,16,19,25,27-28,30,32-35,37-38,41,44,50,53,72H,4-6,8-9,11-15,17-18,20-24,26,29,31,36,39-40,42-43,45-49,51-52,54-71H2,1-3H3/b10-7-,19-16-,28-25-,30-27-,34-32-,35-33-,38-37-,44-41-,53-50-. The Morgan fingerprint density at radius 2 is 0.481 bits per heavy atom. The van der Waals surface area contributed by atoms with Crippen molar-refractivity contribution in [2.24, 2.45) is 0 Å². The maximum Gasteiger partial charge on any atom is 0.306 e. The topological polar surface area (TPSA) is 78.9 Å². The van der Waals surface area contributed by atoms with Gasteiger partial charge in [-0.3, -0.25) is 14.4 Å². The van der Waals surface area contributed by atoms with E-state index in [0.717, 1.165) is 109 Å². The lowest BCUT2D eigenvalue weighted by atomic mass is 10.1. The lowest BCUT2D eigenvalue weighted by Gasteiger charge is -2.18. The molecule has 1 atom stereocenters. The van der Waals surface area contributed by atoms with Crippen LogP contribution in [-0.4, -0.2) is 37.2 Å². The van der Waals surface area contributed by atoms with Crippen LogP contribution in [0.15, 0.2) is 109 Å². The number of unbranched alkanes of at least 4 members (excludes halogenated alkanes) is 33. The Labute approximate surface area is 501 Å². The largest absolute Gasteiger partial charge is 0.462 e.